The van der Waals surface area contributed by atoms with Crippen molar-refractivity contribution in [3.63, 3.8) is 0 Å². The Bertz CT molecular complexity index is 2820. The highest BCUT2D eigenvalue weighted by molar-refractivity contribution is 6.10. The third-order valence-corrected chi connectivity index (χ3v) is 10.3. The van der Waals surface area contributed by atoms with Gasteiger partial charge < -0.3 is 13.9 Å². The van der Waals surface area contributed by atoms with Crippen LogP contribution >= 0.6 is 0 Å². The van der Waals surface area contributed by atoms with Gasteiger partial charge in [0.05, 0.1) is 11.0 Å². The number of nitrogens with zero attached hydrogens (tertiary/aromatic N) is 2. The fraction of sp³-hybridized carbons (Fsp3) is 0.0204. The molecule has 0 amide bonds. The summed E-state index contributed by atoms with van der Waals surface area (Å²) in [5, 5.41) is 4.83. The Balaban J connectivity index is 0.987. The van der Waals surface area contributed by atoms with Gasteiger partial charge >= 0.3 is 0 Å². The molecule has 0 aliphatic heterocycles. The first-order chi connectivity index (χ1) is 25.7. The molecule has 0 aliphatic carbocycles. The number of anilines is 3. The van der Waals surface area contributed by atoms with Gasteiger partial charge in [-0.25, -0.2) is 0 Å². The van der Waals surface area contributed by atoms with Crippen molar-refractivity contribution in [3.05, 3.63) is 194 Å². The lowest BCUT2D eigenvalue weighted by Gasteiger charge is -2.26. The van der Waals surface area contributed by atoms with E-state index in [4.69, 9.17) is 4.42 Å². The fourth-order valence-electron chi connectivity index (χ4n) is 7.71. The Morgan fingerprint density at radius 3 is 1.50 bits per heavy atom. The number of para-hydroxylation sites is 4. The summed E-state index contributed by atoms with van der Waals surface area (Å²) in [7, 11) is 0. The Morgan fingerprint density at radius 1 is 0.404 bits per heavy atom. The second-order valence-corrected chi connectivity index (χ2v) is 13.5. The van der Waals surface area contributed by atoms with Crippen LogP contribution in [0.25, 0.3) is 71.7 Å². The summed E-state index contributed by atoms with van der Waals surface area (Å²) in [4.78, 5) is 2.32. The molecule has 2 aromatic heterocycles. The zero-order valence-corrected chi connectivity index (χ0v) is 28.7. The third kappa shape index (κ3) is 4.98. The van der Waals surface area contributed by atoms with Crippen molar-refractivity contribution in [2.45, 2.75) is 6.92 Å². The van der Waals surface area contributed by atoms with Crippen LogP contribution in [0.1, 0.15) is 5.56 Å². The average molecular weight is 667 g/mol. The van der Waals surface area contributed by atoms with E-state index >= 15 is 0 Å². The number of aromatic nitrogens is 1. The highest BCUT2D eigenvalue weighted by Gasteiger charge is 2.16. The molecule has 3 heteroatoms. The third-order valence-electron chi connectivity index (χ3n) is 10.3. The van der Waals surface area contributed by atoms with Gasteiger partial charge in [0.1, 0.15) is 11.2 Å². The van der Waals surface area contributed by atoms with Crippen LogP contribution in [-0.2, 0) is 0 Å². The van der Waals surface area contributed by atoms with E-state index < -0.39 is 0 Å². The monoisotopic (exact) mass is 666 g/mol. The Labute approximate surface area is 302 Å². The maximum Gasteiger partial charge on any atom is 0.143 e. The largest absolute Gasteiger partial charge is 0.455 e. The lowest BCUT2D eigenvalue weighted by Crippen LogP contribution is -2.09. The van der Waals surface area contributed by atoms with E-state index in [2.05, 4.69) is 192 Å². The van der Waals surface area contributed by atoms with Gasteiger partial charge in [0.25, 0.3) is 0 Å². The highest BCUT2D eigenvalue weighted by atomic mass is 16.3. The van der Waals surface area contributed by atoms with E-state index in [9.17, 15) is 0 Å². The minimum atomic E-state index is 0.912. The molecule has 2 heterocycles. The van der Waals surface area contributed by atoms with Crippen LogP contribution < -0.4 is 4.90 Å². The number of hydrogen-bond acceptors (Lipinski definition) is 2. The molecular formula is C49H34N2O. The quantitative estimate of drug-likeness (QED) is 0.176. The first-order valence-electron chi connectivity index (χ1n) is 17.8. The van der Waals surface area contributed by atoms with Crippen LogP contribution in [0, 0.1) is 6.92 Å². The van der Waals surface area contributed by atoms with Crippen molar-refractivity contribution >= 4 is 60.8 Å². The number of aryl methyl sites for hydroxylation is 1. The van der Waals surface area contributed by atoms with Crippen molar-refractivity contribution in [1.82, 2.24) is 4.57 Å². The molecule has 246 valence electrons. The van der Waals surface area contributed by atoms with E-state index in [0.717, 1.165) is 55.8 Å². The molecule has 0 N–H and O–H groups in total. The summed E-state index contributed by atoms with van der Waals surface area (Å²) in [5.41, 5.74) is 14.5. The predicted octanol–water partition coefficient (Wildman–Crippen LogP) is 13.8. The fourth-order valence-corrected chi connectivity index (χ4v) is 7.71. The van der Waals surface area contributed by atoms with Crippen LogP contribution in [-0.4, -0.2) is 4.57 Å². The Hall–Kier alpha value is -6.84. The normalized spacial score (nSPS) is 11.6. The average Bonchev–Trinajstić information content (AvgIpc) is 3.76. The molecule has 0 saturated heterocycles. The van der Waals surface area contributed by atoms with Crippen molar-refractivity contribution in [2.24, 2.45) is 0 Å². The smallest absolute Gasteiger partial charge is 0.143 e. The van der Waals surface area contributed by atoms with Gasteiger partial charge in [0, 0.05) is 49.9 Å². The molecule has 0 spiro atoms. The molecule has 8 aromatic carbocycles. The topological polar surface area (TPSA) is 21.3 Å². The van der Waals surface area contributed by atoms with Crippen LogP contribution in [0.15, 0.2) is 192 Å². The van der Waals surface area contributed by atoms with Crippen molar-refractivity contribution in [3.8, 4) is 27.9 Å². The molecule has 0 bridgehead atoms. The van der Waals surface area contributed by atoms with Gasteiger partial charge in [0.15, 0.2) is 0 Å². The number of rotatable bonds is 6. The predicted molar refractivity (Wildman–Crippen MR) is 218 cm³/mol. The lowest BCUT2D eigenvalue weighted by atomic mass is 10.0. The summed E-state index contributed by atoms with van der Waals surface area (Å²) in [6.07, 6.45) is 0. The maximum absolute atomic E-state index is 6.36. The molecule has 0 unspecified atom stereocenters. The molecule has 52 heavy (non-hydrogen) atoms. The second kappa shape index (κ2) is 12.2. The minimum Gasteiger partial charge on any atom is -0.455 e. The van der Waals surface area contributed by atoms with Gasteiger partial charge in [-0.2, -0.15) is 0 Å². The number of hydrogen-bond donors (Lipinski definition) is 0. The van der Waals surface area contributed by atoms with E-state index in [-0.39, 0.29) is 0 Å². The number of furan rings is 1. The molecule has 0 aliphatic rings. The van der Waals surface area contributed by atoms with E-state index in [1.54, 1.807) is 0 Å². The summed E-state index contributed by atoms with van der Waals surface area (Å²) >= 11 is 0. The van der Waals surface area contributed by atoms with E-state index in [1.807, 2.05) is 12.1 Å². The van der Waals surface area contributed by atoms with E-state index in [1.165, 1.54) is 38.5 Å². The zero-order chi connectivity index (χ0) is 34.6. The van der Waals surface area contributed by atoms with Crippen LogP contribution in [0.5, 0.6) is 0 Å². The number of benzene rings is 8. The second-order valence-electron chi connectivity index (χ2n) is 13.5. The summed E-state index contributed by atoms with van der Waals surface area (Å²) in [5.74, 6) is 0. The molecule has 0 atom stereocenters. The maximum atomic E-state index is 6.36. The van der Waals surface area contributed by atoms with Crippen LogP contribution in [0.3, 0.4) is 0 Å². The molecule has 0 radical (unpaired) electrons. The molecule has 10 aromatic rings. The molecule has 0 fully saturated rings. The van der Waals surface area contributed by atoms with Crippen molar-refractivity contribution in [1.29, 1.82) is 0 Å². The highest BCUT2D eigenvalue weighted by Crippen LogP contribution is 2.40. The first-order valence-corrected chi connectivity index (χ1v) is 17.8. The van der Waals surface area contributed by atoms with E-state index in [0.29, 0.717) is 0 Å². The molecule has 3 nitrogen and oxygen atoms in total. The minimum absolute atomic E-state index is 0.912. The van der Waals surface area contributed by atoms with Gasteiger partial charge in [-0.05, 0) is 90.3 Å². The molecule has 0 saturated carbocycles. The van der Waals surface area contributed by atoms with Crippen LogP contribution in [0.4, 0.5) is 17.1 Å². The van der Waals surface area contributed by atoms with Gasteiger partial charge in [-0.1, -0.05) is 127 Å². The van der Waals surface area contributed by atoms with Crippen molar-refractivity contribution < 1.29 is 4.42 Å². The Morgan fingerprint density at radius 2 is 0.885 bits per heavy atom. The Kier molecular flexibility index (Phi) is 7.04. The van der Waals surface area contributed by atoms with Crippen LogP contribution in [0.2, 0.25) is 0 Å². The van der Waals surface area contributed by atoms with Crippen molar-refractivity contribution in [2.75, 3.05) is 4.90 Å². The molecular weight excluding hydrogens is 633 g/mol. The summed E-state index contributed by atoms with van der Waals surface area (Å²) in [6, 6.07) is 67.3. The van der Waals surface area contributed by atoms with Gasteiger partial charge in [-0.3, -0.25) is 0 Å². The lowest BCUT2D eigenvalue weighted by molar-refractivity contribution is 0.670. The molecule has 10 rings (SSSR count). The zero-order valence-electron chi connectivity index (χ0n) is 28.7. The van der Waals surface area contributed by atoms with Gasteiger partial charge in [0.2, 0.25) is 0 Å². The van der Waals surface area contributed by atoms with Gasteiger partial charge in [-0.15, -0.1) is 0 Å². The first kappa shape index (κ1) is 30.0. The summed E-state index contributed by atoms with van der Waals surface area (Å²) in [6.45, 7) is 2.13. The number of fused-ring (bicyclic) bond motifs is 6. The standard InChI is InChI=1S/C49H34N2O/c1-33-17-25-37(26-18-33)50(39-31-23-36(24-32-39)41-12-8-13-45-44-11-4-7-16-48(44)52-49(41)45)38-27-19-34(20-28-38)35-21-29-40(30-22-35)51-46-14-5-2-9-42(46)43-10-3-6-15-47(43)51/h2-32H,1H3. The summed E-state index contributed by atoms with van der Waals surface area (Å²) < 4.78 is 8.72. The SMILES string of the molecule is Cc1ccc(N(c2ccc(-c3ccc(-n4c5ccccc5c5ccccc54)cc3)cc2)c2ccc(-c3cccc4c3oc3ccccc34)cc2)cc1.